The molecule has 2 atom stereocenters. The number of aliphatic hydroxyl groups is 1. The number of benzene rings is 1. The van der Waals surface area contributed by atoms with Crippen LogP contribution < -0.4 is 5.48 Å². The molecule has 0 saturated carbocycles. The minimum Gasteiger partial charge on any atom is -0.392 e. The average molecular weight is 195 g/mol. The molecule has 2 unspecified atom stereocenters. The highest BCUT2D eigenvalue weighted by molar-refractivity contribution is 5.13. The molecule has 1 aromatic rings. The van der Waals surface area contributed by atoms with Crippen LogP contribution in [0.25, 0.3) is 0 Å². The number of rotatable bonds is 5. The topological polar surface area (TPSA) is 41.5 Å². The smallest absolute Gasteiger partial charge is 0.0933 e. The summed E-state index contributed by atoms with van der Waals surface area (Å²) in [6.45, 7) is 4.11. The molecule has 0 spiro atoms. The summed E-state index contributed by atoms with van der Waals surface area (Å²) in [4.78, 5) is 5.23. The van der Waals surface area contributed by atoms with Gasteiger partial charge in [0.2, 0.25) is 0 Å². The van der Waals surface area contributed by atoms with Gasteiger partial charge in [0.15, 0.2) is 0 Å². The standard InChI is InChI=1S/C11H17NO2/c1-9(10(2)13)12-14-8-11-6-4-3-5-7-11/h3-7,9-10,12-13H,8H2,1-2H3. The van der Waals surface area contributed by atoms with Gasteiger partial charge in [-0.3, -0.25) is 4.84 Å². The lowest BCUT2D eigenvalue weighted by molar-refractivity contribution is -0.0226. The van der Waals surface area contributed by atoms with Crippen molar-refractivity contribution in [1.82, 2.24) is 5.48 Å². The van der Waals surface area contributed by atoms with Crippen LogP contribution in [0.4, 0.5) is 0 Å². The van der Waals surface area contributed by atoms with Gasteiger partial charge in [0, 0.05) is 0 Å². The lowest BCUT2D eigenvalue weighted by Crippen LogP contribution is -2.35. The van der Waals surface area contributed by atoms with Crippen LogP contribution in [0.2, 0.25) is 0 Å². The van der Waals surface area contributed by atoms with Gasteiger partial charge >= 0.3 is 0 Å². The van der Waals surface area contributed by atoms with Crippen LogP contribution in [-0.2, 0) is 11.4 Å². The van der Waals surface area contributed by atoms with Gasteiger partial charge in [0.1, 0.15) is 0 Å². The summed E-state index contributed by atoms with van der Waals surface area (Å²) in [5.41, 5.74) is 3.89. The first-order valence-electron chi connectivity index (χ1n) is 4.79. The number of hydrogen-bond donors (Lipinski definition) is 2. The van der Waals surface area contributed by atoms with E-state index in [0.29, 0.717) is 6.61 Å². The van der Waals surface area contributed by atoms with Gasteiger partial charge in [-0.1, -0.05) is 30.3 Å². The molecule has 3 heteroatoms. The van der Waals surface area contributed by atoms with Crippen molar-refractivity contribution in [3.8, 4) is 0 Å². The summed E-state index contributed by atoms with van der Waals surface area (Å²) >= 11 is 0. The first kappa shape index (κ1) is 11.2. The first-order chi connectivity index (χ1) is 6.70. The average Bonchev–Trinajstić information content (AvgIpc) is 2.19. The Labute approximate surface area is 84.7 Å². The van der Waals surface area contributed by atoms with Crippen LogP contribution in [0.5, 0.6) is 0 Å². The zero-order valence-corrected chi connectivity index (χ0v) is 8.60. The predicted molar refractivity (Wildman–Crippen MR) is 55.5 cm³/mol. The van der Waals surface area contributed by atoms with Crippen LogP contribution in [-0.4, -0.2) is 17.3 Å². The molecule has 0 amide bonds. The quantitative estimate of drug-likeness (QED) is 0.699. The maximum absolute atomic E-state index is 9.18. The van der Waals surface area contributed by atoms with Crippen molar-refractivity contribution in [2.45, 2.75) is 32.6 Å². The van der Waals surface area contributed by atoms with Gasteiger partial charge in [-0.15, -0.1) is 0 Å². The molecule has 1 rings (SSSR count). The highest BCUT2D eigenvalue weighted by Crippen LogP contribution is 2.00. The summed E-state index contributed by atoms with van der Waals surface area (Å²) in [7, 11) is 0. The molecule has 0 aliphatic heterocycles. The Balaban J connectivity index is 2.22. The molecular weight excluding hydrogens is 178 g/mol. The fourth-order valence-corrected chi connectivity index (χ4v) is 0.929. The Morgan fingerprint density at radius 1 is 1.29 bits per heavy atom. The third-order valence-corrected chi connectivity index (χ3v) is 2.07. The maximum Gasteiger partial charge on any atom is 0.0933 e. The van der Waals surface area contributed by atoms with E-state index >= 15 is 0 Å². The van der Waals surface area contributed by atoms with E-state index in [0.717, 1.165) is 5.56 Å². The molecule has 78 valence electrons. The predicted octanol–water partition coefficient (Wildman–Crippen LogP) is 1.48. The van der Waals surface area contributed by atoms with E-state index in [4.69, 9.17) is 4.84 Å². The molecule has 0 heterocycles. The largest absolute Gasteiger partial charge is 0.392 e. The maximum atomic E-state index is 9.18. The van der Waals surface area contributed by atoms with Crippen molar-refractivity contribution in [3.05, 3.63) is 35.9 Å². The summed E-state index contributed by atoms with van der Waals surface area (Å²) < 4.78 is 0. The van der Waals surface area contributed by atoms with E-state index in [1.165, 1.54) is 0 Å². The van der Waals surface area contributed by atoms with E-state index in [1.807, 2.05) is 37.3 Å². The minimum atomic E-state index is -0.411. The monoisotopic (exact) mass is 195 g/mol. The van der Waals surface area contributed by atoms with Gasteiger partial charge in [-0.2, -0.15) is 5.48 Å². The summed E-state index contributed by atoms with van der Waals surface area (Å²) in [5, 5.41) is 9.18. The van der Waals surface area contributed by atoms with Gasteiger partial charge in [-0.05, 0) is 19.4 Å². The van der Waals surface area contributed by atoms with Crippen molar-refractivity contribution >= 4 is 0 Å². The fourth-order valence-electron chi connectivity index (χ4n) is 0.929. The summed E-state index contributed by atoms with van der Waals surface area (Å²) in [6.07, 6.45) is -0.411. The molecule has 0 saturated heterocycles. The normalized spacial score (nSPS) is 15.1. The molecule has 0 radical (unpaired) electrons. The van der Waals surface area contributed by atoms with Gasteiger partial charge in [-0.25, -0.2) is 0 Å². The van der Waals surface area contributed by atoms with Gasteiger partial charge in [0.25, 0.3) is 0 Å². The zero-order valence-electron chi connectivity index (χ0n) is 8.60. The molecule has 1 aromatic carbocycles. The summed E-state index contributed by atoms with van der Waals surface area (Å²) in [5.74, 6) is 0. The molecule has 14 heavy (non-hydrogen) atoms. The van der Waals surface area contributed by atoms with E-state index in [-0.39, 0.29) is 6.04 Å². The second-order valence-corrected chi connectivity index (χ2v) is 3.42. The van der Waals surface area contributed by atoms with Gasteiger partial charge in [0.05, 0.1) is 18.8 Å². The third kappa shape index (κ3) is 3.87. The lowest BCUT2D eigenvalue weighted by Gasteiger charge is -2.15. The molecule has 0 aliphatic carbocycles. The lowest BCUT2D eigenvalue weighted by atomic mass is 10.2. The van der Waals surface area contributed by atoms with Crippen molar-refractivity contribution < 1.29 is 9.94 Å². The fraction of sp³-hybridized carbons (Fsp3) is 0.455. The third-order valence-electron chi connectivity index (χ3n) is 2.07. The van der Waals surface area contributed by atoms with Crippen molar-refractivity contribution in [1.29, 1.82) is 0 Å². The number of aliphatic hydroxyl groups excluding tert-OH is 1. The number of nitrogens with one attached hydrogen (secondary N) is 1. The SMILES string of the molecule is CC(O)C(C)NOCc1ccccc1. The van der Waals surface area contributed by atoms with Crippen molar-refractivity contribution in [2.24, 2.45) is 0 Å². The van der Waals surface area contributed by atoms with Crippen LogP contribution in [0.1, 0.15) is 19.4 Å². The van der Waals surface area contributed by atoms with Crippen molar-refractivity contribution in [3.63, 3.8) is 0 Å². The van der Waals surface area contributed by atoms with Crippen LogP contribution in [0.3, 0.4) is 0 Å². The van der Waals surface area contributed by atoms with E-state index in [1.54, 1.807) is 6.92 Å². The molecule has 0 aliphatic rings. The second-order valence-electron chi connectivity index (χ2n) is 3.42. The molecular formula is C11H17NO2. The van der Waals surface area contributed by atoms with Crippen LogP contribution in [0, 0.1) is 0 Å². The first-order valence-corrected chi connectivity index (χ1v) is 4.79. The minimum absolute atomic E-state index is 0.0567. The zero-order chi connectivity index (χ0) is 10.4. The van der Waals surface area contributed by atoms with Crippen LogP contribution >= 0.6 is 0 Å². The number of hydroxylamine groups is 1. The summed E-state index contributed by atoms with van der Waals surface area (Å²) in [6, 6.07) is 9.84. The Bertz CT molecular complexity index is 249. The molecule has 0 bridgehead atoms. The van der Waals surface area contributed by atoms with Crippen molar-refractivity contribution in [2.75, 3.05) is 0 Å². The molecule has 0 aromatic heterocycles. The molecule has 3 nitrogen and oxygen atoms in total. The van der Waals surface area contributed by atoms with Crippen LogP contribution in [0.15, 0.2) is 30.3 Å². The number of hydrogen-bond acceptors (Lipinski definition) is 3. The highest BCUT2D eigenvalue weighted by atomic mass is 16.6. The molecule has 2 N–H and O–H groups in total. The molecule has 0 fully saturated rings. The Morgan fingerprint density at radius 3 is 2.50 bits per heavy atom. The van der Waals surface area contributed by atoms with Gasteiger partial charge < -0.3 is 5.11 Å². The Hall–Kier alpha value is -0.900. The highest BCUT2D eigenvalue weighted by Gasteiger charge is 2.07. The Kier molecular flexibility index (Phi) is 4.59. The van der Waals surface area contributed by atoms with E-state index in [9.17, 15) is 5.11 Å². The Morgan fingerprint density at radius 2 is 1.93 bits per heavy atom. The van der Waals surface area contributed by atoms with E-state index in [2.05, 4.69) is 5.48 Å². The second kappa shape index (κ2) is 5.75. The van der Waals surface area contributed by atoms with E-state index < -0.39 is 6.10 Å².